The van der Waals surface area contributed by atoms with Crippen LogP contribution in [0.4, 0.5) is 17.1 Å². The molecular formula is C47H35N3. The molecular weight excluding hydrogens is 607 g/mol. The van der Waals surface area contributed by atoms with Crippen molar-refractivity contribution in [2.75, 3.05) is 4.90 Å². The van der Waals surface area contributed by atoms with Crippen molar-refractivity contribution in [3.8, 4) is 17.1 Å². The van der Waals surface area contributed by atoms with Crippen LogP contribution in [0.25, 0.3) is 71.2 Å². The van der Waals surface area contributed by atoms with Gasteiger partial charge in [-0.15, -0.1) is 0 Å². The van der Waals surface area contributed by atoms with Crippen LogP contribution in [-0.2, 0) is 0 Å². The summed E-state index contributed by atoms with van der Waals surface area (Å²) in [6.45, 7) is 4.00. The van der Waals surface area contributed by atoms with Gasteiger partial charge in [0, 0.05) is 39.1 Å². The molecule has 0 saturated heterocycles. The van der Waals surface area contributed by atoms with Crippen molar-refractivity contribution in [3.05, 3.63) is 176 Å². The van der Waals surface area contributed by atoms with Gasteiger partial charge < -0.3 is 4.90 Å². The summed E-state index contributed by atoms with van der Waals surface area (Å²) in [7, 11) is 0. The average Bonchev–Trinajstić information content (AvgIpc) is 3.60. The van der Waals surface area contributed by atoms with Gasteiger partial charge in [0.25, 0.3) is 0 Å². The van der Waals surface area contributed by atoms with Crippen LogP contribution in [0.15, 0.2) is 176 Å². The molecule has 50 heavy (non-hydrogen) atoms. The zero-order chi connectivity index (χ0) is 33.6. The van der Waals surface area contributed by atoms with Crippen LogP contribution in [0.5, 0.6) is 0 Å². The van der Waals surface area contributed by atoms with E-state index >= 15 is 0 Å². The summed E-state index contributed by atoms with van der Waals surface area (Å²) < 4.78 is 2.35. The zero-order valence-electron chi connectivity index (χ0n) is 28.1. The molecule has 0 N–H and O–H groups in total. The number of hydrogen-bond donors (Lipinski definition) is 0. The largest absolute Gasteiger partial charge is 0.310 e. The summed E-state index contributed by atoms with van der Waals surface area (Å²) in [6.07, 6.45) is 0. The Hall–Kier alpha value is -6.45. The number of anilines is 3. The SMILES string of the molecule is CC.c1ccc(N(c2ccc(-c3nc4c5cccc6ccc7cccc(c7c65)c4n3-c3ccccc3)cc2)c2ccc3ccccc3c2)cc1. The lowest BCUT2D eigenvalue weighted by Crippen LogP contribution is -2.09. The van der Waals surface area contributed by atoms with Crippen LogP contribution in [0, 0.1) is 0 Å². The number of imidazole rings is 1. The Morgan fingerprint density at radius 2 is 0.980 bits per heavy atom. The van der Waals surface area contributed by atoms with Gasteiger partial charge >= 0.3 is 0 Å². The van der Waals surface area contributed by atoms with Crippen LogP contribution in [0.3, 0.4) is 0 Å². The molecule has 3 nitrogen and oxygen atoms in total. The normalized spacial score (nSPS) is 11.4. The minimum atomic E-state index is 0.927. The van der Waals surface area contributed by atoms with E-state index in [0.717, 1.165) is 45.2 Å². The fraction of sp³-hybridized carbons (Fsp3) is 0.0426. The van der Waals surface area contributed by atoms with Crippen LogP contribution in [0.1, 0.15) is 13.8 Å². The fourth-order valence-corrected chi connectivity index (χ4v) is 7.53. The predicted molar refractivity (Wildman–Crippen MR) is 214 cm³/mol. The molecule has 0 fully saturated rings. The molecule has 0 aliphatic carbocycles. The first-order valence-corrected chi connectivity index (χ1v) is 17.4. The third-order valence-corrected chi connectivity index (χ3v) is 9.68. The lowest BCUT2D eigenvalue weighted by Gasteiger charge is -2.26. The molecule has 0 aliphatic heterocycles. The summed E-state index contributed by atoms with van der Waals surface area (Å²) in [5.74, 6) is 0.927. The van der Waals surface area contributed by atoms with Crippen molar-refractivity contribution in [1.82, 2.24) is 9.55 Å². The number of rotatable bonds is 5. The highest BCUT2D eigenvalue weighted by Gasteiger charge is 2.22. The molecule has 10 rings (SSSR count). The summed E-state index contributed by atoms with van der Waals surface area (Å²) in [6, 6.07) is 63.0. The van der Waals surface area contributed by atoms with Gasteiger partial charge in [-0.25, -0.2) is 4.98 Å². The van der Waals surface area contributed by atoms with E-state index in [1.807, 2.05) is 13.8 Å². The van der Waals surface area contributed by atoms with Gasteiger partial charge in [-0.05, 0) is 93.0 Å². The summed E-state index contributed by atoms with van der Waals surface area (Å²) >= 11 is 0. The second-order valence-electron chi connectivity index (χ2n) is 12.4. The molecule has 0 saturated carbocycles. The molecule has 0 radical (unpaired) electrons. The van der Waals surface area contributed by atoms with E-state index < -0.39 is 0 Å². The van der Waals surface area contributed by atoms with E-state index in [2.05, 4.69) is 185 Å². The molecule has 0 aliphatic rings. The number of benzene rings is 9. The summed E-state index contributed by atoms with van der Waals surface area (Å²) in [4.78, 5) is 7.81. The molecule has 0 amide bonds. The molecule has 1 heterocycles. The van der Waals surface area contributed by atoms with Crippen molar-refractivity contribution in [3.63, 3.8) is 0 Å². The monoisotopic (exact) mass is 641 g/mol. The van der Waals surface area contributed by atoms with Gasteiger partial charge in [-0.3, -0.25) is 4.57 Å². The molecule has 1 aromatic heterocycles. The van der Waals surface area contributed by atoms with Crippen LogP contribution in [0.2, 0.25) is 0 Å². The maximum absolute atomic E-state index is 5.48. The zero-order valence-corrected chi connectivity index (χ0v) is 28.1. The smallest absolute Gasteiger partial charge is 0.145 e. The van der Waals surface area contributed by atoms with Crippen LogP contribution < -0.4 is 4.90 Å². The predicted octanol–water partition coefficient (Wildman–Crippen LogP) is 13.2. The highest BCUT2D eigenvalue weighted by molar-refractivity contribution is 6.32. The van der Waals surface area contributed by atoms with Crippen molar-refractivity contribution in [1.29, 1.82) is 0 Å². The Kier molecular flexibility index (Phi) is 7.25. The number of nitrogens with zero attached hydrogens (tertiary/aromatic N) is 3. The van der Waals surface area contributed by atoms with E-state index in [9.17, 15) is 0 Å². The summed E-state index contributed by atoms with van der Waals surface area (Å²) in [5, 5.41) is 9.93. The molecule has 0 unspecified atom stereocenters. The van der Waals surface area contributed by atoms with Crippen molar-refractivity contribution in [2.24, 2.45) is 0 Å². The van der Waals surface area contributed by atoms with Crippen molar-refractivity contribution >= 4 is 71.2 Å². The van der Waals surface area contributed by atoms with Gasteiger partial charge in [0.1, 0.15) is 5.82 Å². The third kappa shape index (κ3) is 4.70. The lowest BCUT2D eigenvalue weighted by molar-refractivity contribution is 1.11. The van der Waals surface area contributed by atoms with E-state index in [4.69, 9.17) is 4.98 Å². The molecule has 9 aromatic carbocycles. The Bertz CT molecular complexity index is 2760. The second-order valence-corrected chi connectivity index (χ2v) is 12.4. The number of hydrogen-bond acceptors (Lipinski definition) is 2. The van der Waals surface area contributed by atoms with Crippen molar-refractivity contribution in [2.45, 2.75) is 13.8 Å². The van der Waals surface area contributed by atoms with Gasteiger partial charge in [-0.2, -0.15) is 0 Å². The minimum absolute atomic E-state index is 0.927. The first-order chi connectivity index (χ1) is 24.8. The minimum Gasteiger partial charge on any atom is -0.310 e. The standard InChI is InChI=1S/C45H29N3.C2H6/c1-3-15-35(16-4-1)47(38-28-23-30-11-7-8-12-34(30)29-38)37-26-24-33(25-27-37)45-46-43-39-19-9-13-31-21-22-32-14-10-20-40(42(32)41(31)39)44(43)48(45)36-17-5-2-6-18-36;1-2/h1-29H;1-2H3. The Balaban J connectivity index is 0.00000165. The molecule has 238 valence electrons. The maximum atomic E-state index is 5.48. The van der Waals surface area contributed by atoms with E-state index in [-0.39, 0.29) is 0 Å². The summed E-state index contributed by atoms with van der Waals surface area (Å²) in [5.41, 5.74) is 7.64. The number of fused-ring (bicyclic) bond motifs is 4. The van der Waals surface area contributed by atoms with E-state index in [0.29, 0.717) is 0 Å². The van der Waals surface area contributed by atoms with Gasteiger partial charge in [0.15, 0.2) is 0 Å². The highest BCUT2D eigenvalue weighted by atomic mass is 15.1. The van der Waals surface area contributed by atoms with Gasteiger partial charge in [0.2, 0.25) is 0 Å². The average molecular weight is 642 g/mol. The van der Waals surface area contributed by atoms with Crippen molar-refractivity contribution < 1.29 is 0 Å². The molecule has 0 spiro atoms. The van der Waals surface area contributed by atoms with Gasteiger partial charge in [0.05, 0.1) is 11.0 Å². The van der Waals surface area contributed by atoms with E-state index in [1.54, 1.807) is 0 Å². The fourth-order valence-electron chi connectivity index (χ4n) is 7.53. The molecule has 0 bridgehead atoms. The maximum Gasteiger partial charge on any atom is 0.145 e. The lowest BCUT2D eigenvalue weighted by atomic mass is 9.93. The number of para-hydroxylation sites is 2. The molecule has 0 atom stereocenters. The highest BCUT2D eigenvalue weighted by Crippen LogP contribution is 2.43. The third-order valence-electron chi connectivity index (χ3n) is 9.68. The first-order valence-electron chi connectivity index (χ1n) is 17.4. The molecule has 10 aromatic rings. The van der Waals surface area contributed by atoms with Crippen LogP contribution in [-0.4, -0.2) is 9.55 Å². The van der Waals surface area contributed by atoms with Gasteiger partial charge in [-0.1, -0.05) is 129 Å². The molecule has 3 heteroatoms. The first kappa shape index (κ1) is 29.7. The number of aromatic nitrogens is 2. The van der Waals surface area contributed by atoms with E-state index in [1.165, 1.54) is 43.1 Å². The second kappa shape index (κ2) is 12.2. The van der Waals surface area contributed by atoms with Crippen LogP contribution >= 0.6 is 0 Å². The quantitative estimate of drug-likeness (QED) is 0.174. The Morgan fingerprint density at radius 1 is 0.440 bits per heavy atom. The Morgan fingerprint density at radius 3 is 1.70 bits per heavy atom. The Labute approximate surface area is 291 Å². The topological polar surface area (TPSA) is 21.1 Å².